The smallest absolute Gasteiger partial charge is 0.326 e. The van der Waals surface area contributed by atoms with E-state index in [-0.39, 0.29) is 6.42 Å². The molecule has 0 bridgehead atoms. The Morgan fingerprint density at radius 2 is 1.73 bits per heavy atom. The van der Waals surface area contributed by atoms with E-state index in [9.17, 15) is 19.2 Å². The van der Waals surface area contributed by atoms with Gasteiger partial charge in [0.25, 0.3) is 0 Å². The highest BCUT2D eigenvalue weighted by molar-refractivity contribution is 5.84. The molecule has 0 aliphatic carbocycles. The Kier molecular flexibility index (Phi) is 9.40. The SMILES string of the molecule is O=C[C@H](CCNCc1ccccc1)NC(=O)N[C@@H](CCC(=O)O)C(=O)O. The summed E-state index contributed by atoms with van der Waals surface area (Å²) in [7, 11) is 0. The highest BCUT2D eigenvalue weighted by Crippen LogP contribution is 1.99. The molecule has 0 unspecified atom stereocenters. The topological polar surface area (TPSA) is 145 Å². The van der Waals surface area contributed by atoms with Gasteiger partial charge in [0.15, 0.2) is 0 Å². The molecule has 0 heterocycles. The minimum Gasteiger partial charge on any atom is -0.481 e. The number of aliphatic carboxylic acids is 2. The normalized spacial score (nSPS) is 12.6. The molecule has 9 heteroatoms. The van der Waals surface area contributed by atoms with E-state index in [0.717, 1.165) is 5.56 Å². The van der Waals surface area contributed by atoms with Crippen LogP contribution in [0, 0.1) is 0 Å². The molecule has 0 fully saturated rings. The summed E-state index contributed by atoms with van der Waals surface area (Å²) in [5, 5.41) is 25.3. The van der Waals surface area contributed by atoms with E-state index < -0.39 is 36.5 Å². The van der Waals surface area contributed by atoms with Crippen molar-refractivity contribution in [3.63, 3.8) is 0 Å². The van der Waals surface area contributed by atoms with Crippen LogP contribution in [-0.4, -0.2) is 53.1 Å². The molecular weight excluding hydrogens is 342 g/mol. The van der Waals surface area contributed by atoms with Crippen LogP contribution in [-0.2, 0) is 20.9 Å². The number of hydrogen-bond acceptors (Lipinski definition) is 5. The zero-order valence-electron chi connectivity index (χ0n) is 14.2. The van der Waals surface area contributed by atoms with E-state index in [1.54, 1.807) is 0 Å². The lowest BCUT2D eigenvalue weighted by molar-refractivity contribution is -0.140. The van der Waals surface area contributed by atoms with Gasteiger partial charge in [-0.15, -0.1) is 0 Å². The van der Waals surface area contributed by atoms with Crippen LogP contribution in [0.15, 0.2) is 30.3 Å². The molecule has 0 saturated carbocycles. The van der Waals surface area contributed by atoms with Crippen molar-refractivity contribution < 1.29 is 29.4 Å². The molecule has 1 aromatic rings. The second-order valence-electron chi connectivity index (χ2n) is 5.63. The van der Waals surface area contributed by atoms with Crippen molar-refractivity contribution in [2.45, 2.75) is 37.9 Å². The van der Waals surface area contributed by atoms with Crippen LogP contribution in [0.25, 0.3) is 0 Å². The Bertz CT molecular complexity index is 608. The zero-order chi connectivity index (χ0) is 19.4. The third kappa shape index (κ3) is 8.78. The second kappa shape index (κ2) is 11.6. The van der Waals surface area contributed by atoms with Crippen molar-refractivity contribution in [2.24, 2.45) is 0 Å². The number of rotatable bonds is 12. The van der Waals surface area contributed by atoms with Crippen molar-refractivity contribution in [1.82, 2.24) is 16.0 Å². The lowest BCUT2D eigenvalue weighted by Crippen LogP contribution is -2.50. The van der Waals surface area contributed by atoms with Crippen molar-refractivity contribution in [3.8, 4) is 0 Å². The number of benzene rings is 1. The van der Waals surface area contributed by atoms with Gasteiger partial charge in [0.05, 0.1) is 6.04 Å². The number of carboxylic acids is 2. The van der Waals surface area contributed by atoms with Gasteiger partial charge < -0.3 is 31.0 Å². The molecule has 2 amide bonds. The summed E-state index contributed by atoms with van der Waals surface area (Å²) in [6.45, 7) is 1.09. The minimum atomic E-state index is -1.34. The second-order valence-corrected chi connectivity index (χ2v) is 5.63. The fourth-order valence-corrected chi connectivity index (χ4v) is 2.15. The zero-order valence-corrected chi connectivity index (χ0v) is 14.2. The summed E-state index contributed by atoms with van der Waals surface area (Å²) in [6, 6.07) is 6.71. The standard InChI is InChI=1S/C17H23N3O6/c21-11-13(8-9-18-10-12-4-2-1-3-5-12)19-17(26)20-14(16(24)25)6-7-15(22)23/h1-5,11,13-14,18H,6-10H2,(H,22,23)(H,24,25)(H2,19,20,26)/t13-,14-/m0/s1. The Morgan fingerprint density at radius 1 is 1.04 bits per heavy atom. The average molecular weight is 365 g/mol. The van der Waals surface area contributed by atoms with Crippen molar-refractivity contribution in [1.29, 1.82) is 0 Å². The maximum absolute atomic E-state index is 11.8. The fraction of sp³-hybridized carbons (Fsp3) is 0.412. The first-order valence-electron chi connectivity index (χ1n) is 8.14. The third-order valence-electron chi connectivity index (χ3n) is 3.54. The molecule has 1 rings (SSSR count). The average Bonchev–Trinajstić information content (AvgIpc) is 2.61. The molecule has 0 saturated heterocycles. The number of amides is 2. The first-order chi connectivity index (χ1) is 12.4. The lowest BCUT2D eigenvalue weighted by atomic mass is 10.1. The van der Waals surface area contributed by atoms with Crippen LogP contribution >= 0.6 is 0 Å². The quantitative estimate of drug-likeness (QED) is 0.265. The number of nitrogens with one attached hydrogen (secondary N) is 3. The summed E-state index contributed by atoms with van der Waals surface area (Å²) in [6.07, 6.45) is 0.258. The highest BCUT2D eigenvalue weighted by atomic mass is 16.4. The van der Waals surface area contributed by atoms with Crippen molar-refractivity contribution >= 4 is 24.3 Å². The van der Waals surface area contributed by atoms with Crippen LogP contribution in [0.3, 0.4) is 0 Å². The first kappa shape index (κ1) is 21.1. The van der Waals surface area contributed by atoms with Gasteiger partial charge in [-0.3, -0.25) is 4.79 Å². The lowest BCUT2D eigenvalue weighted by Gasteiger charge is -2.17. The van der Waals surface area contributed by atoms with Crippen LogP contribution in [0.1, 0.15) is 24.8 Å². The Labute approximate surface area is 150 Å². The van der Waals surface area contributed by atoms with Crippen molar-refractivity contribution in [2.75, 3.05) is 6.54 Å². The number of aldehydes is 1. The predicted octanol–water partition coefficient (Wildman–Crippen LogP) is 0.351. The molecule has 2 atom stereocenters. The van der Waals surface area contributed by atoms with Gasteiger partial charge in [-0.05, 0) is 24.9 Å². The summed E-state index contributed by atoms with van der Waals surface area (Å²) >= 11 is 0. The summed E-state index contributed by atoms with van der Waals surface area (Å²) in [4.78, 5) is 44.4. The van der Waals surface area contributed by atoms with Crippen LogP contribution in [0.2, 0.25) is 0 Å². The van der Waals surface area contributed by atoms with E-state index in [4.69, 9.17) is 10.2 Å². The number of urea groups is 1. The molecule has 0 radical (unpaired) electrons. The fourth-order valence-electron chi connectivity index (χ4n) is 2.15. The number of carbonyl (C=O) groups excluding carboxylic acids is 2. The van der Waals surface area contributed by atoms with Gasteiger partial charge in [0, 0.05) is 13.0 Å². The summed E-state index contributed by atoms with van der Waals surface area (Å²) in [5.74, 6) is -2.50. The third-order valence-corrected chi connectivity index (χ3v) is 3.54. The van der Waals surface area contributed by atoms with E-state index >= 15 is 0 Å². The van der Waals surface area contributed by atoms with Crippen LogP contribution < -0.4 is 16.0 Å². The number of carboxylic acid groups (broad SMARTS) is 2. The first-order valence-corrected chi connectivity index (χ1v) is 8.14. The Morgan fingerprint density at radius 3 is 2.31 bits per heavy atom. The predicted molar refractivity (Wildman–Crippen MR) is 92.6 cm³/mol. The summed E-state index contributed by atoms with van der Waals surface area (Å²) < 4.78 is 0. The highest BCUT2D eigenvalue weighted by Gasteiger charge is 2.22. The maximum atomic E-state index is 11.8. The Hall–Kier alpha value is -2.94. The molecule has 0 aliphatic rings. The molecule has 0 aromatic heterocycles. The van der Waals surface area contributed by atoms with E-state index in [2.05, 4.69) is 16.0 Å². The molecule has 1 aromatic carbocycles. The molecule has 5 N–H and O–H groups in total. The van der Waals surface area contributed by atoms with Crippen molar-refractivity contribution in [3.05, 3.63) is 35.9 Å². The molecule has 0 aliphatic heterocycles. The van der Waals surface area contributed by atoms with E-state index in [0.29, 0.717) is 25.8 Å². The molecule has 142 valence electrons. The monoisotopic (exact) mass is 365 g/mol. The van der Waals surface area contributed by atoms with E-state index in [1.807, 2.05) is 30.3 Å². The van der Waals surface area contributed by atoms with Gasteiger partial charge in [-0.25, -0.2) is 9.59 Å². The molecule has 9 nitrogen and oxygen atoms in total. The maximum Gasteiger partial charge on any atom is 0.326 e. The van der Waals surface area contributed by atoms with Gasteiger partial charge in [0.2, 0.25) is 0 Å². The molecule has 0 spiro atoms. The van der Waals surface area contributed by atoms with Gasteiger partial charge in [-0.2, -0.15) is 0 Å². The summed E-state index contributed by atoms with van der Waals surface area (Å²) in [5.41, 5.74) is 1.09. The van der Waals surface area contributed by atoms with Gasteiger partial charge >= 0.3 is 18.0 Å². The molecule has 26 heavy (non-hydrogen) atoms. The Balaban J connectivity index is 2.35. The van der Waals surface area contributed by atoms with Gasteiger partial charge in [0.1, 0.15) is 12.3 Å². The van der Waals surface area contributed by atoms with Crippen LogP contribution in [0.5, 0.6) is 0 Å². The number of carbonyl (C=O) groups is 4. The molecular formula is C17H23N3O6. The van der Waals surface area contributed by atoms with Crippen LogP contribution in [0.4, 0.5) is 4.79 Å². The largest absolute Gasteiger partial charge is 0.481 e. The minimum absolute atomic E-state index is 0.248. The van der Waals surface area contributed by atoms with Gasteiger partial charge in [-0.1, -0.05) is 30.3 Å². The number of hydrogen-bond donors (Lipinski definition) is 5. The van der Waals surface area contributed by atoms with E-state index in [1.165, 1.54) is 0 Å².